The number of ether oxygens (including phenoxy) is 1. The maximum Gasteiger partial charge on any atom is 0.146 e. The molecule has 2 aromatic carbocycles. The number of thioether (sulfide) groups is 1. The first-order chi connectivity index (χ1) is 9.28. The first kappa shape index (κ1) is 13.3. The molecule has 0 saturated carbocycles. The molecule has 0 bridgehead atoms. The number of rotatable bonds is 4. The van der Waals surface area contributed by atoms with Crippen molar-refractivity contribution in [1.29, 1.82) is 5.26 Å². The third-order valence-electron chi connectivity index (χ3n) is 2.69. The van der Waals surface area contributed by atoms with Crippen molar-refractivity contribution in [3.63, 3.8) is 0 Å². The van der Waals surface area contributed by atoms with Gasteiger partial charge in [0.2, 0.25) is 0 Å². The highest BCUT2D eigenvalue weighted by atomic mass is 32.2. The van der Waals surface area contributed by atoms with Crippen molar-refractivity contribution in [3.05, 3.63) is 48.0 Å². The quantitative estimate of drug-likeness (QED) is 0.849. The van der Waals surface area contributed by atoms with Gasteiger partial charge in [-0.2, -0.15) is 5.26 Å². The second-order valence-corrected chi connectivity index (χ2v) is 4.67. The minimum atomic E-state index is 0.577. The van der Waals surface area contributed by atoms with Crippen LogP contribution in [0.5, 0.6) is 11.5 Å². The molecule has 0 atom stereocenters. The Morgan fingerprint density at radius 1 is 1.16 bits per heavy atom. The summed E-state index contributed by atoms with van der Waals surface area (Å²) < 4.78 is 5.78. The predicted molar refractivity (Wildman–Crippen MR) is 79.0 cm³/mol. The second kappa shape index (κ2) is 6.17. The van der Waals surface area contributed by atoms with Gasteiger partial charge in [0.15, 0.2) is 0 Å². The van der Waals surface area contributed by atoms with E-state index < -0.39 is 0 Å². The molecule has 19 heavy (non-hydrogen) atoms. The molecule has 0 aliphatic carbocycles. The van der Waals surface area contributed by atoms with Gasteiger partial charge in [0, 0.05) is 17.6 Å². The summed E-state index contributed by atoms with van der Waals surface area (Å²) in [5.74, 6) is 1.31. The van der Waals surface area contributed by atoms with Gasteiger partial charge < -0.3 is 10.1 Å². The van der Waals surface area contributed by atoms with Gasteiger partial charge in [-0.25, -0.2) is 0 Å². The standard InChI is InChI=1S/C15H14N2OS/c1-17-11-6-8-12(9-7-11)18-14-4-3-5-15(19-2)13(14)10-16/h3-9,17H,1-2H3. The van der Waals surface area contributed by atoms with Crippen molar-refractivity contribution in [1.82, 2.24) is 0 Å². The lowest BCUT2D eigenvalue weighted by molar-refractivity contribution is 0.479. The molecular formula is C15H14N2OS. The first-order valence-electron chi connectivity index (χ1n) is 5.81. The van der Waals surface area contributed by atoms with Gasteiger partial charge in [-0.15, -0.1) is 11.8 Å². The number of nitriles is 1. The van der Waals surface area contributed by atoms with E-state index in [1.165, 1.54) is 11.8 Å². The highest BCUT2D eigenvalue weighted by molar-refractivity contribution is 7.98. The lowest BCUT2D eigenvalue weighted by Gasteiger charge is -2.10. The zero-order valence-electron chi connectivity index (χ0n) is 10.8. The number of hydrogen-bond acceptors (Lipinski definition) is 4. The fourth-order valence-corrected chi connectivity index (χ4v) is 2.26. The van der Waals surface area contributed by atoms with E-state index in [9.17, 15) is 5.26 Å². The molecule has 0 aliphatic rings. The summed E-state index contributed by atoms with van der Waals surface area (Å²) in [5, 5.41) is 12.3. The molecule has 96 valence electrons. The fourth-order valence-electron chi connectivity index (χ4n) is 1.69. The highest BCUT2D eigenvalue weighted by Gasteiger charge is 2.09. The highest BCUT2D eigenvalue weighted by Crippen LogP contribution is 2.31. The van der Waals surface area contributed by atoms with Gasteiger partial charge in [0.1, 0.15) is 23.1 Å². The Hall–Kier alpha value is -2.12. The van der Waals surface area contributed by atoms with E-state index in [1.807, 2.05) is 55.8 Å². The fraction of sp³-hybridized carbons (Fsp3) is 0.133. The first-order valence-corrected chi connectivity index (χ1v) is 7.03. The van der Waals surface area contributed by atoms with Crippen LogP contribution in [-0.2, 0) is 0 Å². The molecule has 3 nitrogen and oxygen atoms in total. The largest absolute Gasteiger partial charge is 0.456 e. The molecule has 2 rings (SSSR count). The van der Waals surface area contributed by atoms with Crippen LogP contribution in [0.3, 0.4) is 0 Å². The molecule has 1 N–H and O–H groups in total. The van der Waals surface area contributed by atoms with Gasteiger partial charge in [-0.1, -0.05) is 6.07 Å². The molecule has 0 unspecified atom stereocenters. The van der Waals surface area contributed by atoms with E-state index in [1.54, 1.807) is 0 Å². The molecule has 0 aromatic heterocycles. The van der Waals surface area contributed by atoms with Crippen molar-refractivity contribution in [2.75, 3.05) is 18.6 Å². The Balaban J connectivity index is 2.30. The van der Waals surface area contributed by atoms with E-state index in [-0.39, 0.29) is 0 Å². The summed E-state index contributed by atoms with van der Waals surface area (Å²) in [6.45, 7) is 0. The summed E-state index contributed by atoms with van der Waals surface area (Å²) in [4.78, 5) is 0.923. The zero-order valence-corrected chi connectivity index (χ0v) is 11.6. The van der Waals surface area contributed by atoms with E-state index in [0.29, 0.717) is 17.1 Å². The molecule has 0 fully saturated rings. The molecule has 0 saturated heterocycles. The van der Waals surface area contributed by atoms with Gasteiger partial charge >= 0.3 is 0 Å². The molecule has 0 amide bonds. The van der Waals surface area contributed by atoms with Gasteiger partial charge in [-0.3, -0.25) is 0 Å². The normalized spacial score (nSPS) is 9.74. The maximum absolute atomic E-state index is 9.24. The van der Waals surface area contributed by atoms with E-state index in [0.717, 1.165) is 10.6 Å². The summed E-state index contributed by atoms with van der Waals surface area (Å²) in [6.07, 6.45) is 1.95. The molecule has 0 aliphatic heterocycles. The average Bonchev–Trinajstić information content (AvgIpc) is 2.47. The van der Waals surface area contributed by atoms with Crippen LogP contribution in [0.4, 0.5) is 5.69 Å². The Labute approximate surface area is 117 Å². The Morgan fingerprint density at radius 3 is 2.47 bits per heavy atom. The summed E-state index contributed by atoms with van der Waals surface area (Å²) >= 11 is 1.54. The topological polar surface area (TPSA) is 45.0 Å². The van der Waals surface area contributed by atoms with Gasteiger partial charge in [0.25, 0.3) is 0 Å². The lowest BCUT2D eigenvalue weighted by atomic mass is 10.2. The van der Waals surface area contributed by atoms with Crippen molar-refractivity contribution in [2.45, 2.75) is 4.90 Å². The SMILES string of the molecule is CNc1ccc(Oc2cccc(SC)c2C#N)cc1. The van der Waals surface area contributed by atoms with Gasteiger partial charge in [-0.05, 0) is 42.7 Å². The minimum absolute atomic E-state index is 0.577. The predicted octanol–water partition coefficient (Wildman–Crippen LogP) is 4.11. The Bertz CT molecular complexity index is 603. The maximum atomic E-state index is 9.24. The second-order valence-electron chi connectivity index (χ2n) is 3.82. The molecule has 4 heteroatoms. The van der Waals surface area contributed by atoms with E-state index in [2.05, 4.69) is 11.4 Å². The average molecular weight is 270 g/mol. The van der Waals surface area contributed by atoms with Crippen LogP contribution in [0.1, 0.15) is 5.56 Å². The summed E-state index contributed by atoms with van der Waals surface area (Å²) in [6, 6.07) is 15.4. The van der Waals surface area contributed by atoms with E-state index >= 15 is 0 Å². The third kappa shape index (κ3) is 3.01. The number of hydrogen-bond donors (Lipinski definition) is 1. The van der Waals surface area contributed by atoms with Crippen LogP contribution in [-0.4, -0.2) is 13.3 Å². The van der Waals surface area contributed by atoms with Gasteiger partial charge in [0.05, 0.1) is 0 Å². The number of nitrogens with one attached hydrogen (secondary N) is 1. The molecule has 0 heterocycles. The zero-order chi connectivity index (χ0) is 13.7. The molecule has 2 aromatic rings. The Kier molecular flexibility index (Phi) is 4.32. The van der Waals surface area contributed by atoms with Crippen LogP contribution in [0.2, 0.25) is 0 Å². The number of anilines is 1. The molecular weight excluding hydrogens is 256 g/mol. The molecule has 0 spiro atoms. The summed E-state index contributed by atoms with van der Waals surface area (Å²) in [5.41, 5.74) is 1.60. The monoisotopic (exact) mass is 270 g/mol. The number of nitrogens with zero attached hydrogens (tertiary/aromatic N) is 1. The van der Waals surface area contributed by atoms with Crippen molar-refractivity contribution >= 4 is 17.4 Å². The summed E-state index contributed by atoms with van der Waals surface area (Å²) in [7, 11) is 1.87. The third-order valence-corrected chi connectivity index (χ3v) is 3.47. The van der Waals surface area contributed by atoms with Crippen molar-refractivity contribution in [2.24, 2.45) is 0 Å². The van der Waals surface area contributed by atoms with Crippen LogP contribution >= 0.6 is 11.8 Å². The van der Waals surface area contributed by atoms with Crippen LogP contribution in [0.15, 0.2) is 47.4 Å². The van der Waals surface area contributed by atoms with E-state index in [4.69, 9.17) is 4.74 Å². The smallest absolute Gasteiger partial charge is 0.146 e. The van der Waals surface area contributed by atoms with Crippen LogP contribution in [0, 0.1) is 11.3 Å². The number of benzene rings is 2. The van der Waals surface area contributed by atoms with Crippen molar-refractivity contribution in [3.8, 4) is 17.6 Å². The van der Waals surface area contributed by atoms with Crippen LogP contribution in [0.25, 0.3) is 0 Å². The minimum Gasteiger partial charge on any atom is -0.456 e. The van der Waals surface area contributed by atoms with Crippen LogP contribution < -0.4 is 10.1 Å². The lowest BCUT2D eigenvalue weighted by Crippen LogP contribution is -1.91. The van der Waals surface area contributed by atoms with Crippen molar-refractivity contribution < 1.29 is 4.74 Å². The Morgan fingerprint density at radius 2 is 1.89 bits per heavy atom. The molecule has 0 radical (unpaired) electrons.